The number of likely N-dealkylation sites (N-methyl/N-ethyl adjacent to an activating group) is 1. The lowest BCUT2D eigenvalue weighted by molar-refractivity contribution is 0.285. The van der Waals surface area contributed by atoms with Crippen LogP contribution in [-0.4, -0.2) is 25.0 Å². The smallest absolute Gasteiger partial charge is 0.0304 e. The van der Waals surface area contributed by atoms with E-state index in [1.807, 2.05) is 0 Å². The van der Waals surface area contributed by atoms with E-state index in [-0.39, 0.29) is 0 Å². The molecule has 1 heteroatoms. The lowest BCUT2D eigenvalue weighted by Gasteiger charge is -2.31. The van der Waals surface area contributed by atoms with E-state index < -0.39 is 0 Å². The zero-order chi connectivity index (χ0) is 11.4. The van der Waals surface area contributed by atoms with Crippen molar-refractivity contribution < 1.29 is 0 Å². The van der Waals surface area contributed by atoms with Gasteiger partial charge >= 0.3 is 0 Å². The summed E-state index contributed by atoms with van der Waals surface area (Å²) >= 11 is 0. The predicted molar refractivity (Wildman–Crippen MR) is 70.4 cm³/mol. The fraction of sp³-hybridized carbons (Fsp3) is 0.467. The van der Waals surface area contributed by atoms with Gasteiger partial charge in [0, 0.05) is 6.04 Å². The van der Waals surface area contributed by atoms with Gasteiger partial charge < -0.3 is 4.90 Å². The SMILES string of the molecule is CN(C)C1CCCCC1=Cc1ccccc1. The van der Waals surface area contributed by atoms with E-state index in [4.69, 9.17) is 0 Å². The van der Waals surface area contributed by atoms with Crippen molar-refractivity contribution in [2.24, 2.45) is 0 Å². The van der Waals surface area contributed by atoms with E-state index in [9.17, 15) is 0 Å². The minimum absolute atomic E-state index is 0.647. The first-order valence-electron chi connectivity index (χ1n) is 6.19. The molecule has 86 valence electrons. The third-order valence-corrected chi connectivity index (χ3v) is 3.40. The lowest BCUT2D eigenvalue weighted by atomic mass is 9.88. The summed E-state index contributed by atoms with van der Waals surface area (Å²) in [6, 6.07) is 11.3. The van der Waals surface area contributed by atoms with Gasteiger partial charge in [0.15, 0.2) is 0 Å². The second-order valence-corrected chi connectivity index (χ2v) is 4.86. The van der Waals surface area contributed by atoms with E-state index in [1.54, 1.807) is 5.57 Å². The van der Waals surface area contributed by atoms with Gasteiger partial charge in [0.2, 0.25) is 0 Å². The summed E-state index contributed by atoms with van der Waals surface area (Å²) in [5.41, 5.74) is 2.94. The molecule has 0 N–H and O–H groups in total. The fourth-order valence-corrected chi connectivity index (χ4v) is 2.54. The lowest BCUT2D eigenvalue weighted by Crippen LogP contribution is -2.31. The van der Waals surface area contributed by atoms with Gasteiger partial charge in [-0.2, -0.15) is 0 Å². The van der Waals surface area contributed by atoms with Crippen LogP contribution in [0.15, 0.2) is 35.9 Å². The Morgan fingerprint density at radius 3 is 2.56 bits per heavy atom. The highest BCUT2D eigenvalue weighted by Crippen LogP contribution is 2.28. The molecular weight excluding hydrogens is 194 g/mol. The average molecular weight is 215 g/mol. The third kappa shape index (κ3) is 2.73. The standard InChI is InChI=1S/C15H21N/c1-16(2)15-11-7-6-10-14(15)12-13-8-4-3-5-9-13/h3-5,8-9,12,15H,6-7,10-11H2,1-2H3. The fourth-order valence-electron chi connectivity index (χ4n) is 2.54. The van der Waals surface area contributed by atoms with Gasteiger partial charge in [0.05, 0.1) is 0 Å². The number of benzene rings is 1. The third-order valence-electron chi connectivity index (χ3n) is 3.40. The number of rotatable bonds is 2. The molecule has 0 saturated heterocycles. The van der Waals surface area contributed by atoms with Crippen molar-refractivity contribution in [3.05, 3.63) is 41.5 Å². The van der Waals surface area contributed by atoms with Crippen molar-refractivity contribution in [3.63, 3.8) is 0 Å². The maximum absolute atomic E-state index is 2.38. The Kier molecular flexibility index (Phi) is 3.79. The van der Waals surface area contributed by atoms with E-state index >= 15 is 0 Å². The summed E-state index contributed by atoms with van der Waals surface area (Å²) in [7, 11) is 4.38. The van der Waals surface area contributed by atoms with Crippen LogP contribution in [-0.2, 0) is 0 Å². The Labute approximate surface area is 98.8 Å². The molecule has 0 aliphatic heterocycles. The zero-order valence-corrected chi connectivity index (χ0v) is 10.3. The normalized spacial score (nSPS) is 23.9. The Balaban J connectivity index is 2.20. The molecule has 1 aromatic rings. The largest absolute Gasteiger partial charge is 0.303 e. The van der Waals surface area contributed by atoms with Crippen LogP contribution in [0.25, 0.3) is 6.08 Å². The minimum atomic E-state index is 0.647. The molecule has 0 spiro atoms. The van der Waals surface area contributed by atoms with Gasteiger partial charge in [-0.15, -0.1) is 0 Å². The molecule has 1 atom stereocenters. The van der Waals surface area contributed by atoms with Gasteiger partial charge in [0.1, 0.15) is 0 Å². The summed E-state index contributed by atoms with van der Waals surface area (Å²) in [5, 5.41) is 0. The quantitative estimate of drug-likeness (QED) is 0.729. The Morgan fingerprint density at radius 1 is 1.12 bits per heavy atom. The van der Waals surface area contributed by atoms with Crippen molar-refractivity contribution in [2.75, 3.05) is 14.1 Å². The molecule has 0 heterocycles. The van der Waals surface area contributed by atoms with E-state index in [0.717, 1.165) is 0 Å². The van der Waals surface area contributed by atoms with Gasteiger partial charge in [-0.25, -0.2) is 0 Å². The highest BCUT2D eigenvalue weighted by atomic mass is 15.1. The predicted octanol–water partition coefficient (Wildman–Crippen LogP) is 3.57. The van der Waals surface area contributed by atoms with E-state index in [1.165, 1.54) is 31.2 Å². The van der Waals surface area contributed by atoms with Crippen LogP contribution < -0.4 is 0 Å². The summed E-state index contributed by atoms with van der Waals surface area (Å²) in [5.74, 6) is 0. The van der Waals surface area contributed by atoms with Gasteiger partial charge in [0.25, 0.3) is 0 Å². The molecule has 0 amide bonds. The van der Waals surface area contributed by atoms with Crippen molar-refractivity contribution in [1.82, 2.24) is 4.90 Å². The first-order valence-corrected chi connectivity index (χ1v) is 6.19. The minimum Gasteiger partial charge on any atom is -0.303 e. The first-order chi connectivity index (χ1) is 7.77. The second kappa shape index (κ2) is 5.31. The van der Waals surface area contributed by atoms with Crippen LogP contribution in [0.4, 0.5) is 0 Å². The van der Waals surface area contributed by atoms with Crippen molar-refractivity contribution in [1.29, 1.82) is 0 Å². The van der Waals surface area contributed by atoms with Crippen LogP contribution >= 0.6 is 0 Å². The molecule has 0 bridgehead atoms. The molecular formula is C15H21N. The molecule has 1 fully saturated rings. The van der Waals surface area contributed by atoms with E-state index in [0.29, 0.717) is 6.04 Å². The number of hydrogen-bond acceptors (Lipinski definition) is 1. The molecule has 1 nitrogen and oxygen atoms in total. The second-order valence-electron chi connectivity index (χ2n) is 4.86. The Bertz CT molecular complexity index is 351. The highest BCUT2D eigenvalue weighted by molar-refractivity contribution is 5.54. The molecule has 1 aliphatic rings. The van der Waals surface area contributed by atoms with Crippen LogP contribution in [0.1, 0.15) is 31.2 Å². The average Bonchev–Trinajstić information content (AvgIpc) is 2.31. The van der Waals surface area contributed by atoms with Crippen LogP contribution in [0.3, 0.4) is 0 Å². The molecule has 1 unspecified atom stereocenters. The van der Waals surface area contributed by atoms with E-state index in [2.05, 4.69) is 55.4 Å². The highest BCUT2D eigenvalue weighted by Gasteiger charge is 2.20. The van der Waals surface area contributed by atoms with Gasteiger partial charge in [-0.3, -0.25) is 0 Å². The van der Waals surface area contributed by atoms with Gasteiger partial charge in [-0.05, 0) is 38.9 Å². The summed E-state index contributed by atoms with van der Waals surface area (Å²) < 4.78 is 0. The van der Waals surface area contributed by atoms with Crippen molar-refractivity contribution in [2.45, 2.75) is 31.7 Å². The topological polar surface area (TPSA) is 3.24 Å². The van der Waals surface area contributed by atoms with Crippen LogP contribution in [0.2, 0.25) is 0 Å². The zero-order valence-electron chi connectivity index (χ0n) is 10.3. The maximum Gasteiger partial charge on any atom is 0.0304 e. The van der Waals surface area contributed by atoms with Crippen molar-refractivity contribution >= 4 is 6.08 Å². The summed E-state index contributed by atoms with van der Waals surface area (Å²) in [6.07, 6.45) is 7.67. The summed E-state index contributed by atoms with van der Waals surface area (Å²) in [6.45, 7) is 0. The van der Waals surface area contributed by atoms with Crippen LogP contribution in [0.5, 0.6) is 0 Å². The molecule has 0 radical (unpaired) electrons. The monoisotopic (exact) mass is 215 g/mol. The van der Waals surface area contributed by atoms with Gasteiger partial charge in [-0.1, -0.05) is 48.4 Å². The number of hydrogen-bond donors (Lipinski definition) is 0. The molecule has 16 heavy (non-hydrogen) atoms. The summed E-state index contributed by atoms with van der Waals surface area (Å²) in [4.78, 5) is 2.36. The molecule has 1 saturated carbocycles. The molecule has 2 rings (SSSR count). The molecule has 1 aromatic carbocycles. The Morgan fingerprint density at radius 2 is 1.88 bits per heavy atom. The number of nitrogens with zero attached hydrogens (tertiary/aromatic N) is 1. The van der Waals surface area contributed by atoms with Crippen LogP contribution in [0, 0.1) is 0 Å². The maximum atomic E-state index is 2.38. The molecule has 0 aromatic heterocycles. The Hall–Kier alpha value is -1.08. The molecule has 1 aliphatic carbocycles. The van der Waals surface area contributed by atoms with Crippen molar-refractivity contribution in [3.8, 4) is 0 Å². The first kappa shape index (κ1) is 11.4.